The van der Waals surface area contributed by atoms with E-state index in [0.29, 0.717) is 17.1 Å². The minimum absolute atomic E-state index is 0.106. The number of nitrogens with one attached hydrogen (secondary N) is 3. The highest BCUT2D eigenvalue weighted by Gasteiger charge is 2.30. The molecule has 8 nitrogen and oxygen atoms in total. The quantitative estimate of drug-likeness (QED) is 0.301. The van der Waals surface area contributed by atoms with Crippen molar-refractivity contribution in [1.82, 2.24) is 16.2 Å². The van der Waals surface area contributed by atoms with Crippen LogP contribution in [0, 0.1) is 13.8 Å². The average Bonchev–Trinajstić information content (AvgIpc) is 3.46. The van der Waals surface area contributed by atoms with E-state index in [2.05, 4.69) is 28.3 Å². The molecule has 1 aromatic heterocycles. The fourth-order valence-corrected chi connectivity index (χ4v) is 4.97. The zero-order chi connectivity index (χ0) is 27.4. The van der Waals surface area contributed by atoms with Crippen molar-refractivity contribution in [2.24, 2.45) is 0 Å². The van der Waals surface area contributed by atoms with E-state index in [4.69, 9.17) is 9.15 Å². The van der Waals surface area contributed by atoms with Crippen LogP contribution in [-0.2, 0) is 16.0 Å². The molecule has 198 valence electrons. The lowest BCUT2D eigenvalue weighted by atomic mass is 9.98. The van der Waals surface area contributed by atoms with Gasteiger partial charge in [-0.3, -0.25) is 20.4 Å². The highest BCUT2D eigenvalue weighted by molar-refractivity contribution is 5.97. The number of rotatable bonds is 7. The van der Waals surface area contributed by atoms with Crippen LogP contribution in [0.5, 0.6) is 0 Å². The molecule has 0 bridgehead atoms. The number of carbonyl (C=O) groups excluding carboxylic acids is 3. The van der Waals surface area contributed by atoms with Crippen molar-refractivity contribution in [1.29, 1.82) is 0 Å². The van der Waals surface area contributed by atoms with Crippen molar-refractivity contribution >= 4 is 17.9 Å². The molecule has 3 N–H and O–H groups in total. The molecule has 0 fully saturated rings. The van der Waals surface area contributed by atoms with Crippen LogP contribution in [0.2, 0.25) is 0 Å². The fourth-order valence-electron chi connectivity index (χ4n) is 4.97. The number of fused-ring (bicyclic) bond motifs is 3. The monoisotopic (exact) mass is 523 g/mol. The number of carbonyl (C=O) groups is 3. The smallest absolute Gasteiger partial charge is 0.407 e. The molecule has 1 aliphatic rings. The van der Waals surface area contributed by atoms with Gasteiger partial charge in [0.25, 0.3) is 11.8 Å². The van der Waals surface area contributed by atoms with Gasteiger partial charge in [-0.25, -0.2) is 4.79 Å². The van der Waals surface area contributed by atoms with E-state index >= 15 is 0 Å². The number of ether oxygens (including phenoxy) is 1. The minimum atomic E-state index is -0.990. The summed E-state index contributed by atoms with van der Waals surface area (Å²) in [5, 5.41) is 2.67. The lowest BCUT2D eigenvalue weighted by Gasteiger charge is -2.20. The molecule has 0 unspecified atom stereocenters. The third-order valence-corrected chi connectivity index (χ3v) is 6.82. The van der Waals surface area contributed by atoms with Crippen LogP contribution < -0.4 is 16.2 Å². The topological polar surface area (TPSA) is 110 Å². The zero-order valence-electron chi connectivity index (χ0n) is 21.7. The summed E-state index contributed by atoms with van der Waals surface area (Å²) in [7, 11) is 0. The SMILES string of the molecule is Cc1cc(C(=O)NNC(=O)[C@@H](Cc2ccccc2)NC(=O)OCC2c3ccccc3-c3ccccc32)c(C)o1. The van der Waals surface area contributed by atoms with Gasteiger partial charge >= 0.3 is 6.09 Å². The maximum atomic E-state index is 13.1. The van der Waals surface area contributed by atoms with E-state index in [1.54, 1.807) is 19.9 Å². The predicted molar refractivity (Wildman–Crippen MR) is 146 cm³/mol. The molecule has 0 saturated heterocycles. The second-order valence-electron chi connectivity index (χ2n) is 9.48. The van der Waals surface area contributed by atoms with Crippen molar-refractivity contribution in [2.75, 3.05) is 6.61 Å². The number of furan rings is 1. The summed E-state index contributed by atoms with van der Waals surface area (Å²) in [4.78, 5) is 38.5. The van der Waals surface area contributed by atoms with Gasteiger partial charge in [0, 0.05) is 12.3 Å². The van der Waals surface area contributed by atoms with Gasteiger partial charge in [-0.1, -0.05) is 78.9 Å². The lowest BCUT2D eigenvalue weighted by Crippen LogP contribution is -2.53. The van der Waals surface area contributed by atoms with E-state index in [1.807, 2.05) is 66.7 Å². The summed E-state index contributed by atoms with van der Waals surface area (Å²) in [6, 6.07) is 26.0. The van der Waals surface area contributed by atoms with Gasteiger partial charge in [-0.2, -0.15) is 0 Å². The highest BCUT2D eigenvalue weighted by atomic mass is 16.5. The molecule has 1 heterocycles. The molecule has 1 aliphatic carbocycles. The number of alkyl carbamates (subject to hydrolysis) is 1. The van der Waals surface area contributed by atoms with Gasteiger partial charge in [0.2, 0.25) is 0 Å². The Hall–Kier alpha value is -4.85. The predicted octanol–water partition coefficient (Wildman–Crippen LogP) is 4.81. The zero-order valence-corrected chi connectivity index (χ0v) is 21.7. The van der Waals surface area contributed by atoms with E-state index in [-0.39, 0.29) is 18.9 Å². The van der Waals surface area contributed by atoms with E-state index in [1.165, 1.54) is 0 Å². The molecule has 0 radical (unpaired) electrons. The van der Waals surface area contributed by atoms with Gasteiger partial charge < -0.3 is 14.5 Å². The first-order valence-electron chi connectivity index (χ1n) is 12.7. The molecule has 0 spiro atoms. The normalized spacial score (nSPS) is 12.7. The Balaban J connectivity index is 1.25. The van der Waals surface area contributed by atoms with Gasteiger partial charge in [-0.05, 0) is 47.7 Å². The van der Waals surface area contributed by atoms with E-state index in [0.717, 1.165) is 27.8 Å². The summed E-state index contributed by atoms with van der Waals surface area (Å²) < 4.78 is 11.0. The number of hydrogen-bond acceptors (Lipinski definition) is 5. The van der Waals surface area contributed by atoms with Crippen LogP contribution in [0.25, 0.3) is 11.1 Å². The first-order chi connectivity index (χ1) is 18.9. The van der Waals surface area contributed by atoms with Gasteiger partial charge in [0.1, 0.15) is 24.2 Å². The Labute approximate surface area is 226 Å². The highest BCUT2D eigenvalue weighted by Crippen LogP contribution is 2.44. The Kier molecular flexibility index (Phi) is 7.45. The third-order valence-electron chi connectivity index (χ3n) is 6.82. The summed E-state index contributed by atoms with van der Waals surface area (Å²) in [6.07, 6.45) is -0.517. The van der Waals surface area contributed by atoms with Crippen molar-refractivity contribution in [3.8, 4) is 11.1 Å². The van der Waals surface area contributed by atoms with Crippen molar-refractivity contribution in [3.63, 3.8) is 0 Å². The summed E-state index contributed by atoms with van der Waals surface area (Å²) in [6.45, 7) is 3.52. The summed E-state index contributed by atoms with van der Waals surface area (Å²) in [5.41, 5.74) is 10.4. The van der Waals surface area contributed by atoms with Crippen LogP contribution >= 0.6 is 0 Å². The molecule has 3 aromatic carbocycles. The first kappa shape index (κ1) is 25.8. The molecule has 8 heteroatoms. The maximum Gasteiger partial charge on any atom is 0.407 e. The maximum absolute atomic E-state index is 13.1. The van der Waals surface area contributed by atoms with Crippen molar-refractivity contribution in [2.45, 2.75) is 32.2 Å². The summed E-state index contributed by atoms with van der Waals surface area (Å²) in [5.74, 6) is -0.180. The average molecular weight is 524 g/mol. The second kappa shape index (κ2) is 11.3. The van der Waals surface area contributed by atoms with E-state index < -0.39 is 23.9 Å². The number of benzene rings is 3. The van der Waals surface area contributed by atoms with Crippen LogP contribution in [0.1, 0.15) is 44.5 Å². The van der Waals surface area contributed by atoms with Gasteiger partial charge in [-0.15, -0.1) is 0 Å². The number of hydrazine groups is 1. The summed E-state index contributed by atoms with van der Waals surface area (Å²) >= 11 is 0. The molecule has 39 heavy (non-hydrogen) atoms. The van der Waals surface area contributed by atoms with Crippen LogP contribution in [0.3, 0.4) is 0 Å². The van der Waals surface area contributed by atoms with Gasteiger partial charge in [0.05, 0.1) is 5.56 Å². The Morgan fingerprint density at radius 1 is 0.846 bits per heavy atom. The van der Waals surface area contributed by atoms with Crippen molar-refractivity contribution < 1.29 is 23.5 Å². The molecule has 5 rings (SSSR count). The van der Waals surface area contributed by atoms with Gasteiger partial charge in [0.15, 0.2) is 0 Å². The number of hydrogen-bond donors (Lipinski definition) is 3. The minimum Gasteiger partial charge on any atom is -0.466 e. The molecule has 3 amide bonds. The molecule has 4 aromatic rings. The van der Waals surface area contributed by atoms with Crippen molar-refractivity contribution in [3.05, 3.63) is 119 Å². The number of aryl methyl sites for hydroxylation is 2. The standard InChI is InChI=1S/C31H29N3O5/c1-19-16-26(20(2)39-19)29(35)33-34-30(36)28(17-21-10-4-3-5-11-21)32-31(37)38-18-27-24-14-8-6-12-22(24)23-13-7-9-15-25(23)27/h3-16,27-28H,17-18H2,1-2H3,(H,32,37)(H,33,35)(H,34,36)/t28-/m1/s1. The molecular weight excluding hydrogens is 494 g/mol. The van der Waals surface area contributed by atoms with Crippen LogP contribution in [-0.4, -0.2) is 30.6 Å². The fraction of sp³-hybridized carbons (Fsp3) is 0.194. The van der Waals surface area contributed by atoms with Crippen LogP contribution in [0.15, 0.2) is 89.3 Å². The second-order valence-corrected chi connectivity index (χ2v) is 9.48. The molecular formula is C31H29N3O5. The largest absolute Gasteiger partial charge is 0.466 e. The van der Waals surface area contributed by atoms with Crippen LogP contribution in [0.4, 0.5) is 4.79 Å². The van der Waals surface area contributed by atoms with E-state index in [9.17, 15) is 14.4 Å². The first-order valence-corrected chi connectivity index (χ1v) is 12.7. The Morgan fingerprint density at radius 3 is 2.08 bits per heavy atom. The molecule has 1 atom stereocenters. The number of amides is 3. The Morgan fingerprint density at radius 2 is 1.46 bits per heavy atom. The molecule has 0 saturated carbocycles. The molecule has 0 aliphatic heterocycles. The third kappa shape index (κ3) is 5.70. The Bertz CT molecular complexity index is 1470. The lowest BCUT2D eigenvalue weighted by molar-refractivity contribution is -0.123.